The van der Waals surface area contributed by atoms with Gasteiger partial charge in [-0.2, -0.15) is 57.1 Å². The third-order valence-electron chi connectivity index (χ3n) is 3.57. The van der Waals surface area contributed by atoms with Crippen LogP contribution in [0.25, 0.3) is 0 Å². The molecule has 0 heterocycles. The van der Waals surface area contributed by atoms with E-state index in [1.807, 2.05) is 0 Å². The fourth-order valence-corrected chi connectivity index (χ4v) is 1.96. The summed E-state index contributed by atoms with van der Waals surface area (Å²) < 4.78 is 180. The molecule has 0 fully saturated rings. The molecular formula is C12H12F14NO2+. The number of carboxylic acids is 1. The Labute approximate surface area is 152 Å². The number of carbonyl (C=O) groups is 1. The molecule has 0 aromatic carbocycles. The molecule has 0 aromatic rings. The van der Waals surface area contributed by atoms with Gasteiger partial charge in [0.05, 0.1) is 14.1 Å². The summed E-state index contributed by atoms with van der Waals surface area (Å²) in [6, 6.07) is 0. The first-order valence-electron chi connectivity index (χ1n) is 6.93. The van der Waals surface area contributed by atoms with Gasteiger partial charge in [-0.25, -0.2) is 9.18 Å². The molecule has 3 nitrogen and oxygen atoms in total. The standard InChI is InChI=1S/C12H11F14NO2/c1-27(2,4-6(28)29)3-5(13)7(14,15)8(16,17)9(18,19)10(20,21)11(22,23)12(24,25)26/h5H,3-4H2,1-2H3/p+1. The lowest BCUT2D eigenvalue weighted by Crippen LogP contribution is -2.72. The molecule has 0 saturated heterocycles. The van der Waals surface area contributed by atoms with E-state index in [-0.39, 0.29) is 0 Å². The Morgan fingerprint density at radius 1 is 0.759 bits per heavy atom. The van der Waals surface area contributed by atoms with E-state index in [4.69, 9.17) is 5.11 Å². The molecule has 0 rings (SSSR count). The zero-order valence-electron chi connectivity index (χ0n) is 14.1. The smallest absolute Gasteiger partial charge is 0.460 e. The Bertz CT molecular complexity index is 612. The van der Waals surface area contributed by atoms with Gasteiger partial charge in [-0.1, -0.05) is 0 Å². The molecular weight excluding hydrogens is 456 g/mol. The predicted octanol–water partition coefficient (Wildman–Crippen LogP) is 4.22. The van der Waals surface area contributed by atoms with Crippen LogP contribution in [-0.2, 0) is 4.79 Å². The quantitative estimate of drug-likeness (QED) is 0.407. The number of alkyl halides is 14. The second-order valence-electron chi connectivity index (χ2n) is 6.56. The average Bonchev–Trinajstić information content (AvgIpc) is 2.42. The minimum absolute atomic E-state index is 0.611. The van der Waals surface area contributed by atoms with Crippen LogP contribution in [0.5, 0.6) is 0 Å². The van der Waals surface area contributed by atoms with Crippen molar-refractivity contribution < 1.29 is 75.8 Å². The normalized spacial score (nSPS) is 16.7. The molecule has 0 aliphatic heterocycles. The van der Waals surface area contributed by atoms with Crippen molar-refractivity contribution in [3.8, 4) is 0 Å². The van der Waals surface area contributed by atoms with Crippen LogP contribution < -0.4 is 0 Å². The Hall–Kier alpha value is -1.55. The molecule has 0 radical (unpaired) electrons. The fraction of sp³-hybridized carbons (Fsp3) is 0.917. The maximum absolute atomic E-state index is 13.6. The summed E-state index contributed by atoms with van der Waals surface area (Å²) in [5.41, 5.74) is 0. The highest BCUT2D eigenvalue weighted by Gasteiger charge is 2.91. The van der Waals surface area contributed by atoms with Crippen molar-refractivity contribution in [2.45, 2.75) is 42.0 Å². The van der Waals surface area contributed by atoms with E-state index in [2.05, 4.69) is 0 Å². The van der Waals surface area contributed by atoms with Crippen molar-refractivity contribution in [1.29, 1.82) is 0 Å². The van der Waals surface area contributed by atoms with Crippen molar-refractivity contribution in [1.82, 2.24) is 0 Å². The molecule has 1 unspecified atom stereocenters. The van der Waals surface area contributed by atoms with Crippen LogP contribution in [0.15, 0.2) is 0 Å². The molecule has 1 N–H and O–H groups in total. The van der Waals surface area contributed by atoms with E-state index >= 15 is 0 Å². The van der Waals surface area contributed by atoms with Gasteiger partial charge in [0.25, 0.3) is 0 Å². The highest BCUT2D eigenvalue weighted by Crippen LogP contribution is 2.60. The van der Waals surface area contributed by atoms with E-state index in [1.54, 1.807) is 0 Å². The summed E-state index contributed by atoms with van der Waals surface area (Å²) >= 11 is 0. The molecule has 0 aliphatic rings. The minimum atomic E-state index is -8.11. The van der Waals surface area contributed by atoms with Crippen molar-refractivity contribution in [2.75, 3.05) is 27.2 Å². The second kappa shape index (κ2) is 7.30. The molecule has 0 amide bonds. The third kappa shape index (κ3) is 4.47. The van der Waals surface area contributed by atoms with Gasteiger partial charge in [-0.05, 0) is 0 Å². The van der Waals surface area contributed by atoms with Gasteiger partial charge in [0.15, 0.2) is 6.54 Å². The molecule has 17 heteroatoms. The highest BCUT2D eigenvalue weighted by molar-refractivity contribution is 5.67. The summed E-state index contributed by atoms with van der Waals surface area (Å²) in [5, 5.41) is 8.44. The SMILES string of the molecule is C[N+](C)(CC(=O)O)CC(F)C(F)(F)C(F)(F)C(F)(F)C(F)(F)C(F)(F)C(F)(F)F. The van der Waals surface area contributed by atoms with E-state index in [0.29, 0.717) is 14.1 Å². The minimum Gasteiger partial charge on any atom is -0.477 e. The Morgan fingerprint density at radius 3 is 1.41 bits per heavy atom. The van der Waals surface area contributed by atoms with Gasteiger partial charge < -0.3 is 9.59 Å². The molecule has 0 aromatic heterocycles. The van der Waals surface area contributed by atoms with Gasteiger partial charge in [-0.15, -0.1) is 0 Å². The van der Waals surface area contributed by atoms with Gasteiger partial charge in [0.1, 0.15) is 6.54 Å². The molecule has 174 valence electrons. The summed E-state index contributed by atoms with van der Waals surface area (Å²) in [6.07, 6.45) is -12.1. The van der Waals surface area contributed by atoms with Crippen molar-refractivity contribution >= 4 is 5.97 Å². The van der Waals surface area contributed by atoms with E-state index < -0.39 is 65.5 Å². The van der Waals surface area contributed by atoms with Crippen LogP contribution >= 0.6 is 0 Å². The van der Waals surface area contributed by atoms with Crippen molar-refractivity contribution in [2.24, 2.45) is 0 Å². The van der Waals surface area contributed by atoms with Crippen LogP contribution in [0.2, 0.25) is 0 Å². The monoisotopic (exact) mass is 468 g/mol. The van der Waals surface area contributed by atoms with Gasteiger partial charge in [0, 0.05) is 0 Å². The molecule has 0 saturated carbocycles. The first-order chi connectivity index (χ1) is 12.3. The summed E-state index contributed by atoms with van der Waals surface area (Å²) in [4.78, 5) is 10.5. The zero-order chi connectivity index (χ0) is 24.1. The number of likely N-dealkylation sites (N-methyl/N-ethyl adjacent to an activating group) is 1. The molecule has 0 aliphatic carbocycles. The maximum Gasteiger partial charge on any atom is 0.460 e. The number of hydrogen-bond donors (Lipinski definition) is 1. The van der Waals surface area contributed by atoms with Gasteiger partial charge >= 0.3 is 41.8 Å². The number of halogens is 14. The van der Waals surface area contributed by atoms with Crippen LogP contribution in [0.4, 0.5) is 61.5 Å². The first kappa shape index (κ1) is 27.5. The molecule has 1 atom stereocenters. The van der Waals surface area contributed by atoms with E-state index in [1.165, 1.54) is 0 Å². The molecule has 0 spiro atoms. The Kier molecular flexibility index (Phi) is 6.91. The van der Waals surface area contributed by atoms with Crippen LogP contribution in [0, 0.1) is 0 Å². The van der Waals surface area contributed by atoms with Gasteiger partial charge in [-0.3, -0.25) is 0 Å². The zero-order valence-corrected chi connectivity index (χ0v) is 14.1. The maximum atomic E-state index is 13.6. The molecule has 0 bridgehead atoms. The summed E-state index contributed by atoms with van der Waals surface area (Å²) in [5.74, 6) is -40.6. The van der Waals surface area contributed by atoms with Crippen LogP contribution in [-0.4, -0.2) is 84.7 Å². The third-order valence-corrected chi connectivity index (χ3v) is 3.57. The van der Waals surface area contributed by atoms with E-state index in [9.17, 15) is 66.3 Å². The number of rotatable bonds is 9. The number of hydrogen-bond acceptors (Lipinski definition) is 1. The topological polar surface area (TPSA) is 37.3 Å². The summed E-state index contributed by atoms with van der Waals surface area (Å²) in [7, 11) is 1.22. The number of carboxylic acid groups (broad SMARTS) is 1. The Morgan fingerprint density at radius 2 is 1.10 bits per heavy atom. The van der Waals surface area contributed by atoms with Crippen molar-refractivity contribution in [3.05, 3.63) is 0 Å². The number of quaternary nitrogens is 1. The fourth-order valence-electron chi connectivity index (χ4n) is 1.96. The Balaban J connectivity index is 6.20. The average molecular weight is 468 g/mol. The van der Waals surface area contributed by atoms with Crippen LogP contribution in [0.3, 0.4) is 0 Å². The lowest BCUT2D eigenvalue weighted by Gasteiger charge is -2.41. The summed E-state index contributed by atoms with van der Waals surface area (Å²) in [6.45, 7) is -3.30. The van der Waals surface area contributed by atoms with Gasteiger partial charge in [0.2, 0.25) is 6.17 Å². The lowest BCUT2D eigenvalue weighted by atomic mass is 9.91. The molecule has 29 heavy (non-hydrogen) atoms. The van der Waals surface area contributed by atoms with Crippen molar-refractivity contribution in [3.63, 3.8) is 0 Å². The second-order valence-corrected chi connectivity index (χ2v) is 6.56. The van der Waals surface area contributed by atoms with E-state index in [0.717, 1.165) is 0 Å². The largest absolute Gasteiger partial charge is 0.477 e. The highest BCUT2D eigenvalue weighted by atomic mass is 19.4. The predicted molar refractivity (Wildman–Crippen MR) is 65.2 cm³/mol. The lowest BCUT2D eigenvalue weighted by molar-refractivity contribution is -0.886. The van der Waals surface area contributed by atoms with Crippen LogP contribution in [0.1, 0.15) is 0 Å². The first-order valence-corrected chi connectivity index (χ1v) is 6.93. The number of nitrogens with zero attached hydrogens (tertiary/aromatic N) is 1. The number of aliphatic carboxylic acids is 1.